The summed E-state index contributed by atoms with van der Waals surface area (Å²) in [6.45, 7) is 0.647. The van der Waals surface area contributed by atoms with Crippen LogP contribution >= 0.6 is 0 Å². The zero-order valence-electron chi connectivity index (χ0n) is 12.7. The molecule has 2 aliphatic rings. The Labute approximate surface area is 129 Å². The van der Waals surface area contributed by atoms with Gasteiger partial charge < -0.3 is 10.0 Å². The second kappa shape index (κ2) is 6.60. The Balaban J connectivity index is 1.72. The van der Waals surface area contributed by atoms with Gasteiger partial charge in [-0.3, -0.25) is 9.59 Å². The lowest BCUT2D eigenvalue weighted by Crippen LogP contribution is -2.43. The van der Waals surface area contributed by atoms with Crippen molar-refractivity contribution in [2.45, 2.75) is 57.1 Å². The van der Waals surface area contributed by atoms with Gasteiger partial charge in [-0.1, -0.05) is 19.3 Å². The Morgan fingerprint density at radius 1 is 1.23 bits per heavy atom. The summed E-state index contributed by atoms with van der Waals surface area (Å²) >= 11 is 0. The van der Waals surface area contributed by atoms with Crippen molar-refractivity contribution in [3.8, 4) is 0 Å². The van der Waals surface area contributed by atoms with Gasteiger partial charge in [-0.25, -0.2) is 5.10 Å². The van der Waals surface area contributed by atoms with Gasteiger partial charge in [0.2, 0.25) is 0 Å². The minimum Gasteiger partial charge on any atom is -0.383 e. The quantitative estimate of drug-likeness (QED) is 0.883. The molecule has 2 N–H and O–H groups in total. The molecule has 1 saturated heterocycles. The van der Waals surface area contributed by atoms with Crippen LogP contribution in [0.5, 0.6) is 0 Å². The highest BCUT2D eigenvalue weighted by molar-refractivity contribution is 5.81. The number of rotatable bonds is 3. The topological polar surface area (TPSA) is 86.3 Å². The molecule has 6 heteroatoms. The second-order valence-electron chi connectivity index (χ2n) is 6.38. The van der Waals surface area contributed by atoms with Crippen molar-refractivity contribution in [2.75, 3.05) is 6.54 Å². The fourth-order valence-corrected chi connectivity index (χ4v) is 3.70. The zero-order chi connectivity index (χ0) is 15.5. The molecular weight excluding hydrogens is 282 g/mol. The van der Waals surface area contributed by atoms with Crippen LogP contribution in [0.4, 0.5) is 0 Å². The lowest BCUT2D eigenvalue weighted by Gasteiger charge is -2.31. The molecule has 1 aliphatic heterocycles. The normalized spacial score (nSPS) is 24.4. The van der Waals surface area contributed by atoms with Gasteiger partial charge in [0.15, 0.2) is 0 Å². The Morgan fingerprint density at radius 3 is 2.68 bits per heavy atom. The van der Waals surface area contributed by atoms with E-state index in [4.69, 9.17) is 0 Å². The number of nitrogens with zero attached hydrogens (tertiary/aromatic N) is 2. The van der Waals surface area contributed by atoms with Gasteiger partial charge >= 0.3 is 0 Å². The standard InChI is InChI=1S/C16H23N3O3/c20-14-9-8-12(17-18-14)13-7-4-10-19(13)16(22)15(21)11-5-2-1-3-6-11/h8-9,11,13,15,21H,1-7,10H2,(H,18,20). The number of amides is 1. The van der Waals surface area contributed by atoms with E-state index in [2.05, 4.69) is 10.2 Å². The summed E-state index contributed by atoms with van der Waals surface area (Å²) in [5, 5.41) is 16.9. The van der Waals surface area contributed by atoms with Crippen molar-refractivity contribution < 1.29 is 9.90 Å². The number of nitrogens with one attached hydrogen (secondary N) is 1. The molecular formula is C16H23N3O3. The molecule has 2 atom stereocenters. The first-order chi connectivity index (χ1) is 10.7. The highest BCUT2D eigenvalue weighted by atomic mass is 16.3. The number of aromatic amines is 1. The van der Waals surface area contributed by atoms with Crippen molar-refractivity contribution in [3.05, 3.63) is 28.2 Å². The van der Waals surface area contributed by atoms with E-state index >= 15 is 0 Å². The van der Waals surface area contributed by atoms with Gasteiger partial charge in [-0.15, -0.1) is 0 Å². The summed E-state index contributed by atoms with van der Waals surface area (Å²) in [4.78, 5) is 25.5. The van der Waals surface area contributed by atoms with Gasteiger partial charge in [0, 0.05) is 12.6 Å². The predicted molar refractivity (Wildman–Crippen MR) is 81.1 cm³/mol. The van der Waals surface area contributed by atoms with Crippen LogP contribution in [0.2, 0.25) is 0 Å². The third-order valence-corrected chi connectivity index (χ3v) is 4.93. The number of hydrogen-bond donors (Lipinski definition) is 2. The molecule has 3 rings (SSSR count). The molecule has 1 aliphatic carbocycles. The maximum atomic E-state index is 12.7. The molecule has 0 bridgehead atoms. The first-order valence-corrected chi connectivity index (χ1v) is 8.21. The number of aromatic nitrogens is 2. The number of carbonyl (C=O) groups is 1. The lowest BCUT2D eigenvalue weighted by molar-refractivity contribution is -0.144. The van der Waals surface area contributed by atoms with E-state index in [1.54, 1.807) is 11.0 Å². The molecule has 6 nitrogen and oxygen atoms in total. The highest BCUT2D eigenvalue weighted by Crippen LogP contribution is 2.33. The van der Waals surface area contributed by atoms with E-state index in [0.29, 0.717) is 12.2 Å². The number of carbonyl (C=O) groups excluding carboxylic acids is 1. The maximum Gasteiger partial charge on any atom is 0.264 e. The number of likely N-dealkylation sites (tertiary alicyclic amines) is 1. The maximum absolute atomic E-state index is 12.7. The molecule has 1 aromatic heterocycles. The van der Waals surface area contributed by atoms with Gasteiger partial charge in [-0.2, -0.15) is 5.10 Å². The molecule has 1 amide bonds. The van der Waals surface area contributed by atoms with E-state index in [0.717, 1.165) is 38.5 Å². The molecule has 2 unspecified atom stereocenters. The molecule has 2 heterocycles. The second-order valence-corrected chi connectivity index (χ2v) is 6.38. The summed E-state index contributed by atoms with van der Waals surface area (Å²) < 4.78 is 0. The summed E-state index contributed by atoms with van der Waals surface area (Å²) in [5.41, 5.74) is 0.447. The van der Waals surface area contributed by atoms with Gasteiger partial charge in [0.25, 0.3) is 11.5 Å². The van der Waals surface area contributed by atoms with Crippen LogP contribution in [0.25, 0.3) is 0 Å². The minimum absolute atomic E-state index is 0.0889. The fourth-order valence-electron chi connectivity index (χ4n) is 3.70. The van der Waals surface area contributed by atoms with Crippen LogP contribution in [0.15, 0.2) is 16.9 Å². The first kappa shape index (κ1) is 15.2. The SMILES string of the molecule is O=C(C(O)C1CCCCC1)N1CCCC1c1ccc(=O)[nH]n1. The molecule has 0 spiro atoms. The molecule has 22 heavy (non-hydrogen) atoms. The third kappa shape index (κ3) is 3.06. The summed E-state index contributed by atoms with van der Waals surface area (Å²) in [5.74, 6) is -0.0894. The van der Waals surface area contributed by atoms with Gasteiger partial charge in [0.05, 0.1) is 11.7 Å². The molecule has 0 radical (unpaired) electrons. The van der Waals surface area contributed by atoms with Crippen molar-refractivity contribution in [3.63, 3.8) is 0 Å². The number of H-pyrrole nitrogens is 1. The molecule has 2 fully saturated rings. The Kier molecular flexibility index (Phi) is 4.57. The largest absolute Gasteiger partial charge is 0.383 e. The molecule has 0 aromatic carbocycles. The Bertz CT molecular complexity index is 560. The van der Waals surface area contributed by atoms with E-state index < -0.39 is 6.10 Å². The fraction of sp³-hybridized carbons (Fsp3) is 0.688. The van der Waals surface area contributed by atoms with Crippen LogP contribution < -0.4 is 5.56 Å². The monoisotopic (exact) mass is 305 g/mol. The van der Waals surface area contributed by atoms with Crippen LogP contribution in [0, 0.1) is 5.92 Å². The number of aliphatic hydroxyl groups excluding tert-OH is 1. The lowest BCUT2D eigenvalue weighted by atomic mass is 9.84. The van der Waals surface area contributed by atoms with E-state index in [-0.39, 0.29) is 23.4 Å². The van der Waals surface area contributed by atoms with E-state index in [1.165, 1.54) is 12.5 Å². The molecule has 1 saturated carbocycles. The van der Waals surface area contributed by atoms with Gasteiger partial charge in [-0.05, 0) is 37.7 Å². The van der Waals surface area contributed by atoms with Gasteiger partial charge in [0.1, 0.15) is 6.10 Å². The Morgan fingerprint density at radius 2 is 2.00 bits per heavy atom. The van der Waals surface area contributed by atoms with E-state index in [1.807, 2.05) is 0 Å². The molecule has 120 valence electrons. The average molecular weight is 305 g/mol. The van der Waals surface area contributed by atoms with Crippen molar-refractivity contribution in [2.24, 2.45) is 5.92 Å². The smallest absolute Gasteiger partial charge is 0.264 e. The van der Waals surface area contributed by atoms with Crippen molar-refractivity contribution >= 4 is 5.91 Å². The van der Waals surface area contributed by atoms with Crippen molar-refractivity contribution in [1.29, 1.82) is 0 Å². The number of aliphatic hydroxyl groups is 1. The summed E-state index contributed by atoms with van der Waals surface area (Å²) in [6.07, 6.45) is 6.08. The van der Waals surface area contributed by atoms with E-state index in [9.17, 15) is 14.7 Å². The summed E-state index contributed by atoms with van der Waals surface area (Å²) in [7, 11) is 0. The Hall–Kier alpha value is -1.69. The molecule has 1 aromatic rings. The van der Waals surface area contributed by atoms with Crippen LogP contribution in [0.3, 0.4) is 0 Å². The third-order valence-electron chi connectivity index (χ3n) is 4.93. The highest BCUT2D eigenvalue weighted by Gasteiger charge is 2.37. The summed E-state index contributed by atoms with van der Waals surface area (Å²) in [6, 6.07) is 2.96. The number of hydrogen-bond acceptors (Lipinski definition) is 4. The zero-order valence-corrected chi connectivity index (χ0v) is 12.7. The van der Waals surface area contributed by atoms with Crippen LogP contribution in [-0.4, -0.2) is 38.8 Å². The minimum atomic E-state index is -0.899. The van der Waals surface area contributed by atoms with Crippen molar-refractivity contribution in [1.82, 2.24) is 15.1 Å². The average Bonchev–Trinajstić information content (AvgIpc) is 3.04. The van der Waals surface area contributed by atoms with Crippen LogP contribution in [0.1, 0.15) is 56.7 Å². The predicted octanol–water partition coefficient (Wildman–Crippen LogP) is 1.37. The van der Waals surface area contributed by atoms with Crippen LogP contribution in [-0.2, 0) is 4.79 Å². The first-order valence-electron chi connectivity index (χ1n) is 8.21.